The van der Waals surface area contributed by atoms with Crippen LogP contribution in [0, 0.1) is 3.57 Å². The Morgan fingerprint density at radius 1 is 1.22 bits per heavy atom. The molecule has 1 aromatic carbocycles. The van der Waals surface area contributed by atoms with Crippen LogP contribution in [0.2, 0.25) is 0 Å². The maximum Gasteiger partial charge on any atom is 0.289 e. The van der Waals surface area contributed by atoms with Gasteiger partial charge in [0.15, 0.2) is 0 Å². The van der Waals surface area contributed by atoms with Gasteiger partial charge in [-0.3, -0.25) is 9.78 Å². The van der Waals surface area contributed by atoms with Gasteiger partial charge in [-0.1, -0.05) is 18.2 Å². The molecule has 2 rings (SSSR count). The van der Waals surface area contributed by atoms with E-state index in [0.29, 0.717) is 5.69 Å². The van der Waals surface area contributed by atoms with Crippen LogP contribution < -0.4 is 5.43 Å². The van der Waals surface area contributed by atoms with Crippen molar-refractivity contribution in [3.8, 4) is 0 Å². The van der Waals surface area contributed by atoms with Gasteiger partial charge in [-0.2, -0.15) is 5.10 Å². The van der Waals surface area contributed by atoms with Crippen LogP contribution >= 0.6 is 22.6 Å². The van der Waals surface area contributed by atoms with Crippen molar-refractivity contribution >= 4 is 34.7 Å². The van der Waals surface area contributed by atoms with Gasteiger partial charge in [-0.25, -0.2) is 5.43 Å². The zero-order valence-electron chi connectivity index (χ0n) is 9.38. The van der Waals surface area contributed by atoms with E-state index in [2.05, 4.69) is 38.1 Å². The highest BCUT2D eigenvalue weighted by Gasteiger charge is 2.03. The van der Waals surface area contributed by atoms with Crippen LogP contribution in [-0.2, 0) is 0 Å². The minimum Gasteiger partial charge on any atom is -0.266 e. The number of hydrogen-bond donors (Lipinski definition) is 1. The van der Waals surface area contributed by atoms with Gasteiger partial charge in [0.05, 0.1) is 6.21 Å². The first-order valence-electron chi connectivity index (χ1n) is 5.26. The Bertz CT molecular complexity index is 552. The minimum atomic E-state index is -0.322. The molecule has 0 radical (unpaired) electrons. The molecule has 0 saturated heterocycles. The molecule has 1 aromatic heterocycles. The van der Waals surface area contributed by atoms with E-state index in [-0.39, 0.29) is 5.91 Å². The van der Waals surface area contributed by atoms with Crippen LogP contribution in [0.1, 0.15) is 16.1 Å². The Hall–Kier alpha value is -1.76. The predicted octanol–water partition coefficient (Wildman–Crippen LogP) is 2.45. The molecule has 18 heavy (non-hydrogen) atoms. The van der Waals surface area contributed by atoms with E-state index in [1.165, 1.54) is 0 Å². The van der Waals surface area contributed by atoms with E-state index >= 15 is 0 Å². The lowest BCUT2D eigenvalue weighted by Crippen LogP contribution is -2.18. The molecular formula is C13H10IN3O. The maximum absolute atomic E-state index is 11.6. The first-order valence-corrected chi connectivity index (χ1v) is 6.33. The molecule has 0 atom stereocenters. The van der Waals surface area contributed by atoms with Crippen molar-refractivity contribution in [3.05, 3.63) is 63.5 Å². The summed E-state index contributed by atoms with van der Waals surface area (Å²) in [5.74, 6) is -0.322. The summed E-state index contributed by atoms with van der Waals surface area (Å²) < 4.78 is 1.15. The SMILES string of the molecule is O=C(N/N=C/c1ccc(I)cc1)c1ccccn1. The summed E-state index contributed by atoms with van der Waals surface area (Å²) in [6.45, 7) is 0. The van der Waals surface area contributed by atoms with Crippen molar-refractivity contribution < 1.29 is 4.79 Å². The van der Waals surface area contributed by atoms with Crippen LogP contribution in [-0.4, -0.2) is 17.1 Å². The van der Waals surface area contributed by atoms with Crippen molar-refractivity contribution in [3.63, 3.8) is 0 Å². The third kappa shape index (κ3) is 3.63. The molecule has 0 saturated carbocycles. The first-order chi connectivity index (χ1) is 8.75. The molecule has 2 aromatic rings. The number of halogens is 1. The molecule has 0 bridgehead atoms. The van der Waals surface area contributed by atoms with Crippen molar-refractivity contribution in [2.45, 2.75) is 0 Å². The third-order valence-electron chi connectivity index (χ3n) is 2.15. The Kier molecular flexibility index (Phi) is 4.40. The summed E-state index contributed by atoms with van der Waals surface area (Å²) in [5, 5.41) is 3.88. The van der Waals surface area contributed by atoms with Gasteiger partial charge < -0.3 is 0 Å². The maximum atomic E-state index is 11.6. The fourth-order valence-electron chi connectivity index (χ4n) is 1.27. The number of hydrazone groups is 1. The summed E-state index contributed by atoms with van der Waals surface area (Å²) in [7, 11) is 0. The van der Waals surface area contributed by atoms with E-state index in [9.17, 15) is 4.79 Å². The second-order valence-electron chi connectivity index (χ2n) is 3.47. The molecule has 0 aliphatic heterocycles. The summed E-state index contributed by atoms with van der Waals surface area (Å²) in [5.41, 5.74) is 3.70. The summed E-state index contributed by atoms with van der Waals surface area (Å²) >= 11 is 2.23. The minimum absolute atomic E-state index is 0.322. The van der Waals surface area contributed by atoms with Crippen LogP contribution in [0.4, 0.5) is 0 Å². The highest BCUT2D eigenvalue weighted by molar-refractivity contribution is 14.1. The van der Waals surface area contributed by atoms with Crippen LogP contribution in [0.15, 0.2) is 53.8 Å². The van der Waals surface area contributed by atoms with Gasteiger partial charge in [-0.05, 0) is 52.4 Å². The quantitative estimate of drug-likeness (QED) is 0.525. The predicted molar refractivity (Wildman–Crippen MR) is 78.5 cm³/mol. The monoisotopic (exact) mass is 351 g/mol. The van der Waals surface area contributed by atoms with Gasteiger partial charge in [-0.15, -0.1) is 0 Å². The van der Waals surface area contributed by atoms with Gasteiger partial charge in [0.25, 0.3) is 5.91 Å². The lowest BCUT2D eigenvalue weighted by atomic mass is 10.2. The second kappa shape index (κ2) is 6.25. The number of rotatable bonds is 3. The van der Waals surface area contributed by atoms with Crippen molar-refractivity contribution in [2.75, 3.05) is 0 Å². The van der Waals surface area contributed by atoms with Gasteiger partial charge in [0.1, 0.15) is 5.69 Å². The molecule has 5 heteroatoms. The first kappa shape index (κ1) is 12.7. The number of pyridine rings is 1. The Balaban J connectivity index is 1.96. The topological polar surface area (TPSA) is 54.4 Å². The fourth-order valence-corrected chi connectivity index (χ4v) is 1.63. The Morgan fingerprint density at radius 3 is 2.67 bits per heavy atom. The van der Waals surface area contributed by atoms with E-state index < -0.39 is 0 Å². The molecule has 1 N–H and O–H groups in total. The summed E-state index contributed by atoms with van der Waals surface area (Å²) in [6, 6.07) is 13.0. The van der Waals surface area contributed by atoms with Gasteiger partial charge in [0, 0.05) is 9.77 Å². The highest BCUT2D eigenvalue weighted by atomic mass is 127. The number of amides is 1. The van der Waals surface area contributed by atoms with Crippen LogP contribution in [0.3, 0.4) is 0 Å². The number of benzene rings is 1. The summed E-state index contributed by atoms with van der Waals surface area (Å²) in [6.07, 6.45) is 3.16. The second-order valence-corrected chi connectivity index (χ2v) is 4.71. The molecule has 0 fully saturated rings. The van der Waals surface area contributed by atoms with Crippen LogP contribution in [0.5, 0.6) is 0 Å². The molecule has 1 amide bonds. The van der Waals surface area contributed by atoms with Crippen molar-refractivity contribution in [1.82, 2.24) is 10.4 Å². The number of nitrogens with zero attached hydrogens (tertiary/aromatic N) is 2. The standard InChI is InChI=1S/C13H10IN3O/c14-11-6-4-10(5-7-11)9-16-17-13(18)12-3-1-2-8-15-12/h1-9H,(H,17,18)/b16-9+. The molecule has 0 unspecified atom stereocenters. The van der Waals surface area contributed by atoms with Gasteiger partial charge in [0.2, 0.25) is 0 Å². The number of nitrogens with one attached hydrogen (secondary N) is 1. The zero-order valence-corrected chi connectivity index (χ0v) is 11.5. The molecule has 90 valence electrons. The molecular weight excluding hydrogens is 341 g/mol. The zero-order chi connectivity index (χ0) is 12.8. The molecule has 0 aliphatic carbocycles. The lowest BCUT2D eigenvalue weighted by molar-refractivity contribution is 0.0950. The van der Waals surface area contributed by atoms with Crippen molar-refractivity contribution in [2.24, 2.45) is 5.10 Å². The van der Waals surface area contributed by atoms with E-state index in [1.807, 2.05) is 24.3 Å². The largest absolute Gasteiger partial charge is 0.289 e. The molecule has 4 nitrogen and oxygen atoms in total. The van der Waals surface area contributed by atoms with E-state index in [1.54, 1.807) is 30.6 Å². The van der Waals surface area contributed by atoms with E-state index in [4.69, 9.17) is 0 Å². The molecule has 0 aliphatic rings. The third-order valence-corrected chi connectivity index (χ3v) is 2.87. The Morgan fingerprint density at radius 2 is 2.00 bits per heavy atom. The van der Waals surface area contributed by atoms with Crippen molar-refractivity contribution in [1.29, 1.82) is 0 Å². The number of carbonyl (C=O) groups is 1. The molecule has 0 spiro atoms. The average molecular weight is 351 g/mol. The summed E-state index contributed by atoms with van der Waals surface area (Å²) in [4.78, 5) is 15.5. The van der Waals surface area contributed by atoms with E-state index in [0.717, 1.165) is 9.13 Å². The fraction of sp³-hybridized carbons (Fsp3) is 0. The number of aromatic nitrogens is 1. The van der Waals surface area contributed by atoms with Gasteiger partial charge >= 0.3 is 0 Å². The Labute approximate surface area is 118 Å². The smallest absolute Gasteiger partial charge is 0.266 e. The average Bonchev–Trinajstić information content (AvgIpc) is 2.42. The lowest BCUT2D eigenvalue weighted by Gasteiger charge is -1.98. The number of hydrogen-bond acceptors (Lipinski definition) is 3. The van der Waals surface area contributed by atoms with Crippen LogP contribution in [0.25, 0.3) is 0 Å². The normalized spacial score (nSPS) is 10.5. The highest BCUT2D eigenvalue weighted by Crippen LogP contribution is 2.04. The molecule has 1 heterocycles. The number of carbonyl (C=O) groups excluding carboxylic acids is 1.